The average Bonchev–Trinajstić information content (AvgIpc) is 2.77. The molecule has 6 heteroatoms. The van der Waals surface area contributed by atoms with Crippen molar-refractivity contribution in [1.29, 1.82) is 0 Å². The number of hydrogen-bond donors (Lipinski definition) is 3. The lowest BCUT2D eigenvalue weighted by molar-refractivity contribution is -0.120. The van der Waals surface area contributed by atoms with Crippen molar-refractivity contribution < 1.29 is 14.3 Å². The highest BCUT2D eigenvalue weighted by atomic mass is 16.5. The van der Waals surface area contributed by atoms with E-state index in [0.29, 0.717) is 25.2 Å². The summed E-state index contributed by atoms with van der Waals surface area (Å²) < 4.78 is 6.10. The van der Waals surface area contributed by atoms with E-state index in [1.807, 2.05) is 75.4 Å². The Balaban J connectivity index is 1.88. The number of ether oxygens (including phenoxy) is 1. The first-order valence-corrected chi connectivity index (χ1v) is 11.0. The van der Waals surface area contributed by atoms with E-state index in [9.17, 15) is 9.59 Å². The molecule has 168 valence electrons. The lowest BCUT2D eigenvalue weighted by Gasteiger charge is -2.24. The van der Waals surface area contributed by atoms with E-state index in [4.69, 9.17) is 4.74 Å². The third-order valence-corrected chi connectivity index (χ3v) is 5.13. The summed E-state index contributed by atoms with van der Waals surface area (Å²) in [5.74, 6) is 0.0224. The van der Waals surface area contributed by atoms with E-state index in [2.05, 4.69) is 16.0 Å². The third kappa shape index (κ3) is 6.23. The van der Waals surface area contributed by atoms with Gasteiger partial charge in [0.15, 0.2) is 0 Å². The molecule has 0 aliphatic carbocycles. The van der Waals surface area contributed by atoms with Crippen LogP contribution in [-0.4, -0.2) is 25.0 Å². The highest BCUT2D eigenvalue weighted by Crippen LogP contribution is 2.27. The molecule has 3 N–H and O–H groups in total. The molecule has 1 heterocycles. The van der Waals surface area contributed by atoms with Gasteiger partial charge in [0, 0.05) is 36.0 Å². The number of nitrogens with one attached hydrogen (secondary N) is 3. The van der Waals surface area contributed by atoms with E-state index < -0.39 is 0 Å². The summed E-state index contributed by atoms with van der Waals surface area (Å²) in [6.07, 6.45) is 4.68. The number of amides is 3. The SMILES string of the molecule is CCCC(=O)NCC1=c2ccc(NC(=O)NCC=C(C)C)cc2=COC1c1ccccc1. The van der Waals surface area contributed by atoms with E-state index in [0.717, 1.165) is 33.6 Å². The van der Waals surface area contributed by atoms with E-state index in [1.165, 1.54) is 0 Å². The van der Waals surface area contributed by atoms with Crippen molar-refractivity contribution in [2.24, 2.45) is 0 Å². The molecule has 0 fully saturated rings. The number of rotatable bonds is 8. The fourth-order valence-electron chi connectivity index (χ4n) is 3.52. The summed E-state index contributed by atoms with van der Waals surface area (Å²) >= 11 is 0. The Morgan fingerprint density at radius 1 is 1.06 bits per heavy atom. The molecular formula is C26H31N3O3. The topological polar surface area (TPSA) is 79.5 Å². The summed E-state index contributed by atoms with van der Waals surface area (Å²) in [6.45, 7) is 6.83. The molecule has 0 saturated heterocycles. The van der Waals surface area contributed by atoms with Gasteiger partial charge in [0.25, 0.3) is 0 Å². The minimum absolute atomic E-state index is 0.0224. The van der Waals surface area contributed by atoms with Gasteiger partial charge in [-0.2, -0.15) is 0 Å². The molecule has 0 bridgehead atoms. The number of benzene rings is 2. The maximum absolute atomic E-state index is 12.2. The molecule has 3 amide bonds. The Hall–Kier alpha value is -3.54. The van der Waals surface area contributed by atoms with Crippen LogP contribution in [0.15, 0.2) is 60.2 Å². The van der Waals surface area contributed by atoms with Crippen LogP contribution in [-0.2, 0) is 9.53 Å². The lowest BCUT2D eigenvalue weighted by Crippen LogP contribution is -2.38. The Labute approximate surface area is 189 Å². The van der Waals surface area contributed by atoms with Gasteiger partial charge in [-0.15, -0.1) is 0 Å². The van der Waals surface area contributed by atoms with Crippen LogP contribution >= 0.6 is 0 Å². The lowest BCUT2D eigenvalue weighted by atomic mass is 9.96. The molecule has 32 heavy (non-hydrogen) atoms. The van der Waals surface area contributed by atoms with Gasteiger partial charge in [-0.25, -0.2) is 4.79 Å². The van der Waals surface area contributed by atoms with Crippen LogP contribution in [0.2, 0.25) is 0 Å². The maximum Gasteiger partial charge on any atom is 0.319 e. The first-order chi connectivity index (χ1) is 15.5. The predicted molar refractivity (Wildman–Crippen MR) is 128 cm³/mol. The number of hydrogen-bond acceptors (Lipinski definition) is 3. The monoisotopic (exact) mass is 433 g/mol. The molecule has 2 aromatic rings. The van der Waals surface area contributed by atoms with Crippen molar-refractivity contribution in [2.45, 2.75) is 39.7 Å². The number of carbonyl (C=O) groups excluding carboxylic acids is 2. The zero-order valence-corrected chi connectivity index (χ0v) is 18.9. The van der Waals surface area contributed by atoms with Crippen molar-refractivity contribution >= 4 is 29.5 Å². The second-order valence-electron chi connectivity index (χ2n) is 8.02. The normalized spacial score (nSPS) is 14.3. The Kier molecular flexibility index (Phi) is 8.08. The molecule has 1 aliphatic heterocycles. The zero-order valence-electron chi connectivity index (χ0n) is 18.9. The van der Waals surface area contributed by atoms with E-state index in [1.54, 1.807) is 6.26 Å². The first kappa shape index (κ1) is 23.1. The minimum atomic E-state index is -0.281. The minimum Gasteiger partial charge on any atom is -0.488 e. The van der Waals surface area contributed by atoms with Crippen LogP contribution in [0.25, 0.3) is 11.8 Å². The summed E-state index contributed by atoms with van der Waals surface area (Å²) in [7, 11) is 0. The molecule has 3 rings (SSSR count). The molecule has 0 spiro atoms. The molecule has 6 nitrogen and oxygen atoms in total. The first-order valence-electron chi connectivity index (χ1n) is 11.0. The predicted octanol–water partition coefficient (Wildman–Crippen LogP) is 3.35. The van der Waals surface area contributed by atoms with Gasteiger partial charge in [0.05, 0.1) is 6.26 Å². The second kappa shape index (κ2) is 11.2. The summed E-state index contributed by atoms with van der Waals surface area (Å²) in [4.78, 5) is 24.3. The van der Waals surface area contributed by atoms with Gasteiger partial charge < -0.3 is 20.7 Å². The third-order valence-electron chi connectivity index (χ3n) is 5.13. The van der Waals surface area contributed by atoms with Crippen LogP contribution in [0.4, 0.5) is 10.5 Å². The second-order valence-corrected chi connectivity index (χ2v) is 8.02. The van der Waals surface area contributed by atoms with Gasteiger partial charge >= 0.3 is 6.03 Å². The fraction of sp³-hybridized carbons (Fsp3) is 0.308. The summed E-state index contributed by atoms with van der Waals surface area (Å²) in [6, 6.07) is 15.4. The summed E-state index contributed by atoms with van der Waals surface area (Å²) in [5.41, 5.74) is 3.83. The largest absolute Gasteiger partial charge is 0.488 e. The number of carbonyl (C=O) groups is 2. The van der Waals surface area contributed by atoms with Crippen LogP contribution < -0.4 is 26.4 Å². The smallest absolute Gasteiger partial charge is 0.319 e. The molecule has 1 aliphatic rings. The van der Waals surface area contributed by atoms with Crippen molar-refractivity contribution in [3.8, 4) is 0 Å². The van der Waals surface area contributed by atoms with E-state index >= 15 is 0 Å². The van der Waals surface area contributed by atoms with Crippen LogP contribution in [0.3, 0.4) is 0 Å². The molecule has 2 aromatic carbocycles. The average molecular weight is 434 g/mol. The highest BCUT2D eigenvalue weighted by Gasteiger charge is 2.22. The van der Waals surface area contributed by atoms with Crippen molar-refractivity contribution in [2.75, 3.05) is 18.4 Å². The van der Waals surface area contributed by atoms with Crippen LogP contribution in [0.1, 0.15) is 45.3 Å². The Bertz CT molecular complexity index is 1100. The standard InChI is InChI=1S/C26H31N3O3/c1-4-8-24(30)28-16-23-22-12-11-21(29-26(31)27-14-13-18(2)3)15-20(22)17-32-25(23)19-9-6-5-7-10-19/h5-7,9-13,15,17,25H,4,8,14,16H2,1-3H3,(H,28,30)(H2,27,29,31). The Morgan fingerprint density at radius 3 is 2.56 bits per heavy atom. The van der Waals surface area contributed by atoms with Crippen molar-refractivity contribution in [3.05, 3.63) is 76.2 Å². The quantitative estimate of drug-likeness (QED) is 0.559. The molecule has 0 aromatic heterocycles. The molecule has 1 unspecified atom stereocenters. The van der Waals surface area contributed by atoms with Gasteiger partial charge in [0.1, 0.15) is 6.10 Å². The number of anilines is 1. The zero-order chi connectivity index (χ0) is 22.9. The Morgan fingerprint density at radius 2 is 1.84 bits per heavy atom. The molecule has 0 radical (unpaired) electrons. The molecular weight excluding hydrogens is 402 g/mol. The van der Waals surface area contributed by atoms with E-state index in [-0.39, 0.29) is 18.0 Å². The number of urea groups is 1. The summed E-state index contributed by atoms with van der Waals surface area (Å²) in [5, 5.41) is 10.5. The van der Waals surface area contributed by atoms with Gasteiger partial charge in [-0.1, -0.05) is 55.0 Å². The highest BCUT2D eigenvalue weighted by molar-refractivity contribution is 5.89. The number of fused-ring (bicyclic) bond motifs is 1. The molecule has 1 atom stereocenters. The van der Waals surface area contributed by atoms with Gasteiger partial charge in [0.2, 0.25) is 5.91 Å². The molecule has 0 saturated carbocycles. The van der Waals surface area contributed by atoms with Crippen molar-refractivity contribution in [3.63, 3.8) is 0 Å². The van der Waals surface area contributed by atoms with Crippen LogP contribution in [0.5, 0.6) is 0 Å². The van der Waals surface area contributed by atoms with Crippen molar-refractivity contribution in [1.82, 2.24) is 10.6 Å². The number of allylic oxidation sites excluding steroid dienone is 1. The fourth-order valence-corrected chi connectivity index (χ4v) is 3.52. The van der Waals surface area contributed by atoms with Gasteiger partial charge in [-0.3, -0.25) is 4.79 Å². The van der Waals surface area contributed by atoms with Crippen LogP contribution in [0, 0.1) is 0 Å². The van der Waals surface area contributed by atoms with Gasteiger partial charge in [-0.05, 0) is 43.2 Å². The maximum atomic E-state index is 12.2.